The van der Waals surface area contributed by atoms with Gasteiger partial charge in [-0.25, -0.2) is 4.52 Å². The van der Waals surface area contributed by atoms with Gasteiger partial charge in [0.15, 0.2) is 11.5 Å². The van der Waals surface area contributed by atoms with Crippen molar-refractivity contribution in [1.82, 2.24) is 14.2 Å². The van der Waals surface area contributed by atoms with Crippen LogP contribution in [0, 0.1) is 0 Å². The molecule has 0 aliphatic rings. The number of halogens is 1. The maximum absolute atomic E-state index is 12.9. The van der Waals surface area contributed by atoms with Crippen molar-refractivity contribution in [1.29, 1.82) is 0 Å². The summed E-state index contributed by atoms with van der Waals surface area (Å²) in [7, 11) is 3.17. The van der Waals surface area contributed by atoms with Crippen LogP contribution in [0.4, 0.5) is 0 Å². The molecule has 0 N–H and O–H groups in total. The Bertz CT molecular complexity index is 1210. The molecule has 2 aromatic heterocycles. The summed E-state index contributed by atoms with van der Waals surface area (Å²) in [6.45, 7) is 0.437. The van der Waals surface area contributed by atoms with Gasteiger partial charge in [-0.1, -0.05) is 23.7 Å². The molecular weight excluding hydrogens is 378 g/mol. The van der Waals surface area contributed by atoms with E-state index in [0.717, 1.165) is 11.1 Å². The second-order valence-electron chi connectivity index (χ2n) is 6.29. The van der Waals surface area contributed by atoms with E-state index in [2.05, 4.69) is 5.10 Å². The molecule has 0 fully saturated rings. The van der Waals surface area contributed by atoms with Crippen molar-refractivity contribution in [2.24, 2.45) is 0 Å². The van der Waals surface area contributed by atoms with E-state index < -0.39 is 0 Å². The Morgan fingerprint density at radius 3 is 2.57 bits per heavy atom. The quantitative estimate of drug-likeness (QED) is 0.514. The standard InChI is InChI=1S/C21H18ClN3O3/c1-27-19-7-6-15(11-20(19)28-2)17-12-18-21(26)24(8-9-25(18)23-17)13-14-4-3-5-16(22)10-14/h3-12H,13H2,1-2H3. The molecule has 7 heteroatoms. The van der Waals surface area contributed by atoms with Gasteiger partial charge in [0.2, 0.25) is 0 Å². The number of benzene rings is 2. The highest BCUT2D eigenvalue weighted by atomic mass is 35.5. The van der Waals surface area contributed by atoms with E-state index in [1.807, 2.05) is 42.5 Å². The first-order chi connectivity index (χ1) is 13.6. The number of aromatic nitrogens is 3. The highest BCUT2D eigenvalue weighted by molar-refractivity contribution is 6.30. The molecule has 0 saturated heterocycles. The van der Waals surface area contributed by atoms with Gasteiger partial charge in [0, 0.05) is 23.0 Å². The van der Waals surface area contributed by atoms with Crippen molar-refractivity contribution >= 4 is 17.1 Å². The monoisotopic (exact) mass is 395 g/mol. The molecule has 6 nitrogen and oxygen atoms in total. The lowest BCUT2D eigenvalue weighted by molar-refractivity contribution is 0.355. The molecule has 0 unspecified atom stereocenters. The molecule has 0 atom stereocenters. The number of ether oxygens (including phenoxy) is 2. The third kappa shape index (κ3) is 3.34. The maximum atomic E-state index is 12.9. The molecule has 0 amide bonds. The predicted octanol–water partition coefficient (Wildman–Crippen LogP) is 3.88. The number of methoxy groups -OCH3 is 2. The maximum Gasteiger partial charge on any atom is 0.276 e. The Morgan fingerprint density at radius 2 is 1.82 bits per heavy atom. The van der Waals surface area contributed by atoms with E-state index in [1.54, 1.807) is 41.8 Å². The molecule has 0 spiro atoms. The molecule has 2 aromatic carbocycles. The van der Waals surface area contributed by atoms with Crippen molar-refractivity contribution in [2.45, 2.75) is 6.54 Å². The fourth-order valence-corrected chi connectivity index (χ4v) is 3.33. The Hall–Kier alpha value is -3.25. The van der Waals surface area contributed by atoms with Gasteiger partial charge in [-0.2, -0.15) is 5.10 Å². The summed E-state index contributed by atoms with van der Waals surface area (Å²) in [5.74, 6) is 1.24. The topological polar surface area (TPSA) is 57.8 Å². The zero-order chi connectivity index (χ0) is 19.7. The van der Waals surface area contributed by atoms with Crippen LogP contribution in [0.15, 0.2) is 65.7 Å². The lowest BCUT2D eigenvalue weighted by Gasteiger charge is -2.08. The average Bonchev–Trinajstić information content (AvgIpc) is 3.15. The van der Waals surface area contributed by atoms with Crippen LogP contribution in [0.2, 0.25) is 5.02 Å². The van der Waals surface area contributed by atoms with E-state index in [4.69, 9.17) is 21.1 Å². The third-order valence-electron chi connectivity index (χ3n) is 4.52. The Balaban J connectivity index is 1.74. The summed E-state index contributed by atoms with van der Waals surface area (Å²) in [5, 5.41) is 5.17. The van der Waals surface area contributed by atoms with Crippen molar-refractivity contribution in [2.75, 3.05) is 14.2 Å². The largest absolute Gasteiger partial charge is 0.493 e. The number of fused-ring (bicyclic) bond motifs is 1. The van der Waals surface area contributed by atoms with E-state index in [1.165, 1.54) is 0 Å². The first kappa shape index (κ1) is 18.1. The summed E-state index contributed by atoms with van der Waals surface area (Å²) in [5.41, 5.74) is 2.84. The summed E-state index contributed by atoms with van der Waals surface area (Å²) in [6, 6.07) is 14.8. The average molecular weight is 396 g/mol. The Kier molecular flexibility index (Phi) is 4.79. The summed E-state index contributed by atoms with van der Waals surface area (Å²) in [6.07, 6.45) is 3.49. The van der Waals surface area contributed by atoms with Gasteiger partial charge in [0.25, 0.3) is 5.56 Å². The first-order valence-corrected chi connectivity index (χ1v) is 9.02. The van der Waals surface area contributed by atoms with E-state index >= 15 is 0 Å². The smallest absolute Gasteiger partial charge is 0.276 e. The number of hydrogen-bond acceptors (Lipinski definition) is 4. The summed E-state index contributed by atoms with van der Waals surface area (Å²) in [4.78, 5) is 12.9. The van der Waals surface area contributed by atoms with Gasteiger partial charge in [-0.05, 0) is 42.0 Å². The Morgan fingerprint density at radius 1 is 1.00 bits per heavy atom. The van der Waals surface area contributed by atoms with Crippen LogP contribution in [-0.4, -0.2) is 28.4 Å². The van der Waals surface area contributed by atoms with Crippen molar-refractivity contribution < 1.29 is 9.47 Å². The Labute approximate surface area is 166 Å². The molecule has 142 valence electrons. The molecule has 2 heterocycles. The van der Waals surface area contributed by atoms with Crippen LogP contribution in [-0.2, 0) is 6.54 Å². The van der Waals surface area contributed by atoms with Crippen molar-refractivity contribution in [3.05, 3.63) is 81.9 Å². The van der Waals surface area contributed by atoms with Crippen LogP contribution < -0.4 is 15.0 Å². The van der Waals surface area contributed by atoms with Gasteiger partial charge in [0.1, 0.15) is 5.52 Å². The fraction of sp³-hybridized carbons (Fsp3) is 0.143. The normalized spacial score (nSPS) is 11.0. The van der Waals surface area contributed by atoms with Gasteiger partial charge < -0.3 is 14.0 Å². The molecule has 28 heavy (non-hydrogen) atoms. The van der Waals surface area contributed by atoms with Gasteiger partial charge in [-0.3, -0.25) is 4.79 Å². The van der Waals surface area contributed by atoms with E-state index in [9.17, 15) is 4.79 Å². The zero-order valence-electron chi connectivity index (χ0n) is 15.4. The highest BCUT2D eigenvalue weighted by Gasteiger charge is 2.12. The van der Waals surface area contributed by atoms with Crippen molar-refractivity contribution in [3.8, 4) is 22.8 Å². The third-order valence-corrected chi connectivity index (χ3v) is 4.76. The van der Waals surface area contributed by atoms with Crippen LogP contribution in [0.25, 0.3) is 16.8 Å². The van der Waals surface area contributed by atoms with Gasteiger partial charge in [-0.15, -0.1) is 0 Å². The van der Waals surface area contributed by atoms with E-state index in [-0.39, 0.29) is 5.56 Å². The minimum absolute atomic E-state index is 0.123. The van der Waals surface area contributed by atoms with Crippen LogP contribution in [0.5, 0.6) is 11.5 Å². The second-order valence-corrected chi connectivity index (χ2v) is 6.73. The molecule has 0 saturated carbocycles. The van der Waals surface area contributed by atoms with Crippen molar-refractivity contribution in [3.63, 3.8) is 0 Å². The number of nitrogens with zero attached hydrogens (tertiary/aromatic N) is 3. The van der Waals surface area contributed by atoms with E-state index in [0.29, 0.717) is 34.3 Å². The van der Waals surface area contributed by atoms with Gasteiger partial charge in [0.05, 0.1) is 26.5 Å². The molecule has 0 aliphatic carbocycles. The molecule has 0 bridgehead atoms. The predicted molar refractivity (Wildman–Crippen MR) is 109 cm³/mol. The zero-order valence-corrected chi connectivity index (χ0v) is 16.2. The molecule has 0 aliphatic heterocycles. The minimum Gasteiger partial charge on any atom is -0.493 e. The lowest BCUT2D eigenvalue weighted by Crippen LogP contribution is -2.21. The number of rotatable bonds is 5. The molecular formula is C21H18ClN3O3. The van der Waals surface area contributed by atoms with Crippen LogP contribution >= 0.6 is 11.6 Å². The minimum atomic E-state index is -0.123. The molecule has 4 rings (SSSR count). The molecule has 4 aromatic rings. The summed E-state index contributed by atoms with van der Waals surface area (Å²) < 4.78 is 13.9. The lowest BCUT2D eigenvalue weighted by atomic mass is 10.1. The fourth-order valence-electron chi connectivity index (χ4n) is 3.12. The molecule has 0 radical (unpaired) electrons. The van der Waals surface area contributed by atoms with Crippen LogP contribution in [0.3, 0.4) is 0 Å². The highest BCUT2D eigenvalue weighted by Crippen LogP contribution is 2.31. The van der Waals surface area contributed by atoms with Gasteiger partial charge >= 0.3 is 0 Å². The summed E-state index contributed by atoms with van der Waals surface area (Å²) >= 11 is 6.04. The second kappa shape index (κ2) is 7.40. The first-order valence-electron chi connectivity index (χ1n) is 8.64. The number of hydrogen-bond donors (Lipinski definition) is 0. The SMILES string of the molecule is COc1ccc(-c2cc3c(=O)n(Cc4cccc(Cl)c4)ccn3n2)cc1OC. The van der Waals surface area contributed by atoms with Crippen LogP contribution in [0.1, 0.15) is 5.56 Å².